The summed E-state index contributed by atoms with van der Waals surface area (Å²) in [5.41, 5.74) is 13.3. The molecule has 8 nitrogen and oxygen atoms in total. The lowest BCUT2D eigenvalue weighted by Crippen LogP contribution is -2.19. The van der Waals surface area contributed by atoms with Crippen molar-refractivity contribution in [1.82, 2.24) is 4.98 Å². The Morgan fingerprint density at radius 1 is 0.927 bits per heavy atom. The van der Waals surface area contributed by atoms with Crippen LogP contribution >= 0.6 is 0 Å². The third-order valence-electron chi connectivity index (χ3n) is 6.55. The monoisotopic (exact) mass is 576 g/mol. The molecule has 4 rings (SSSR count). The minimum absolute atomic E-state index is 0.0239. The number of nitrogens with two attached hydrogens (primary N) is 1. The molecule has 1 heterocycles. The topological polar surface area (TPSA) is 118 Å². The summed E-state index contributed by atoms with van der Waals surface area (Å²) in [6.45, 7) is 7.86. The van der Waals surface area contributed by atoms with Crippen molar-refractivity contribution in [3.05, 3.63) is 89.1 Å². The van der Waals surface area contributed by atoms with Crippen molar-refractivity contribution in [2.24, 2.45) is 11.7 Å². The number of benzene rings is 3. The van der Waals surface area contributed by atoms with Crippen molar-refractivity contribution in [2.75, 3.05) is 19.8 Å². The molecule has 0 unspecified atom stereocenters. The second-order valence-electron chi connectivity index (χ2n) is 10.4. The molecule has 0 spiro atoms. The fourth-order valence-electron chi connectivity index (χ4n) is 4.50. The standard InChI is InChI=1S/C32H36N2O6S/c1-21(2)17-30-28(19-33)32(24-9-5-22(3)6-10-24)27-18-25(11-14-29(27)34-30)38-15-16-39-31(35)20-40-41(36,37)26-12-7-23(4)8-13-26/h5-14,18,21H,15-17,19-20,33H2,1-4H3. The predicted molar refractivity (Wildman–Crippen MR) is 159 cm³/mol. The highest BCUT2D eigenvalue weighted by atomic mass is 32.2. The second-order valence-corrected chi connectivity index (χ2v) is 12.0. The molecule has 3 aromatic carbocycles. The van der Waals surface area contributed by atoms with Crippen LogP contribution in [0.15, 0.2) is 71.6 Å². The van der Waals surface area contributed by atoms with Crippen LogP contribution in [0.25, 0.3) is 22.0 Å². The minimum atomic E-state index is -4.06. The van der Waals surface area contributed by atoms with Crippen LogP contribution in [0.5, 0.6) is 5.75 Å². The van der Waals surface area contributed by atoms with Gasteiger partial charge < -0.3 is 15.2 Å². The highest BCUT2D eigenvalue weighted by Crippen LogP contribution is 2.36. The molecule has 0 aliphatic heterocycles. The number of carbonyl (C=O) groups is 1. The summed E-state index contributed by atoms with van der Waals surface area (Å²) in [6.07, 6.45) is 0.820. The van der Waals surface area contributed by atoms with Crippen LogP contribution in [0.2, 0.25) is 0 Å². The molecule has 0 aliphatic carbocycles. The van der Waals surface area contributed by atoms with Crippen molar-refractivity contribution in [3.63, 3.8) is 0 Å². The fourth-order valence-corrected chi connectivity index (χ4v) is 5.36. The Hall–Kier alpha value is -3.79. The summed E-state index contributed by atoms with van der Waals surface area (Å²) in [4.78, 5) is 17.0. The van der Waals surface area contributed by atoms with E-state index in [9.17, 15) is 13.2 Å². The number of fused-ring (bicyclic) bond motifs is 1. The van der Waals surface area contributed by atoms with E-state index in [-0.39, 0.29) is 18.1 Å². The van der Waals surface area contributed by atoms with E-state index in [0.717, 1.165) is 45.3 Å². The van der Waals surface area contributed by atoms with Crippen LogP contribution in [0, 0.1) is 19.8 Å². The number of ether oxygens (including phenoxy) is 2. The van der Waals surface area contributed by atoms with E-state index < -0.39 is 22.7 Å². The molecule has 0 radical (unpaired) electrons. The molecule has 0 fully saturated rings. The lowest BCUT2D eigenvalue weighted by Gasteiger charge is -2.18. The van der Waals surface area contributed by atoms with Crippen LogP contribution in [0.4, 0.5) is 0 Å². The number of rotatable bonds is 12. The van der Waals surface area contributed by atoms with Gasteiger partial charge in [0.25, 0.3) is 10.1 Å². The summed E-state index contributed by atoms with van der Waals surface area (Å²) in [5.74, 6) is 0.204. The smallest absolute Gasteiger partial charge is 0.333 e. The van der Waals surface area contributed by atoms with Gasteiger partial charge >= 0.3 is 5.97 Å². The Bertz CT molecular complexity index is 1620. The first-order valence-corrected chi connectivity index (χ1v) is 15.0. The van der Waals surface area contributed by atoms with E-state index in [1.54, 1.807) is 12.1 Å². The molecule has 4 aromatic rings. The first-order chi connectivity index (χ1) is 19.6. The fraction of sp³-hybridized carbons (Fsp3) is 0.312. The van der Waals surface area contributed by atoms with Crippen LogP contribution in [0.1, 0.15) is 36.2 Å². The number of aryl methyl sites for hydroxylation is 2. The maximum atomic E-state index is 12.3. The molecular formula is C32H36N2O6S. The van der Waals surface area contributed by atoms with Gasteiger partial charge in [0.1, 0.15) is 19.0 Å². The van der Waals surface area contributed by atoms with E-state index in [2.05, 4.69) is 45.0 Å². The number of aromatic nitrogens is 1. The molecule has 0 aliphatic rings. The van der Waals surface area contributed by atoms with Crippen LogP contribution in [-0.4, -0.2) is 39.2 Å². The highest BCUT2D eigenvalue weighted by Gasteiger charge is 2.19. The molecule has 0 amide bonds. The van der Waals surface area contributed by atoms with Gasteiger partial charge in [0.05, 0.1) is 10.4 Å². The van der Waals surface area contributed by atoms with Gasteiger partial charge in [0.15, 0.2) is 6.61 Å². The van der Waals surface area contributed by atoms with Gasteiger partial charge in [-0.25, -0.2) is 4.79 Å². The molecule has 0 bridgehead atoms. The van der Waals surface area contributed by atoms with Crippen molar-refractivity contribution >= 4 is 27.0 Å². The number of esters is 1. The largest absolute Gasteiger partial charge is 0.490 e. The van der Waals surface area contributed by atoms with E-state index in [1.807, 2.05) is 25.1 Å². The van der Waals surface area contributed by atoms with E-state index in [4.69, 9.17) is 24.4 Å². The lowest BCUT2D eigenvalue weighted by atomic mass is 9.91. The molecule has 9 heteroatoms. The van der Waals surface area contributed by atoms with Crippen molar-refractivity contribution in [1.29, 1.82) is 0 Å². The lowest BCUT2D eigenvalue weighted by molar-refractivity contribution is -0.146. The number of pyridine rings is 1. The van der Waals surface area contributed by atoms with Crippen molar-refractivity contribution in [2.45, 2.75) is 45.6 Å². The van der Waals surface area contributed by atoms with E-state index in [1.165, 1.54) is 17.7 Å². The molecule has 41 heavy (non-hydrogen) atoms. The van der Waals surface area contributed by atoms with Crippen molar-refractivity contribution in [3.8, 4) is 16.9 Å². The Kier molecular flexibility index (Phi) is 9.75. The van der Waals surface area contributed by atoms with E-state index in [0.29, 0.717) is 18.2 Å². The van der Waals surface area contributed by atoms with E-state index >= 15 is 0 Å². The Balaban J connectivity index is 1.45. The average Bonchev–Trinajstić information content (AvgIpc) is 2.94. The highest BCUT2D eigenvalue weighted by molar-refractivity contribution is 7.86. The van der Waals surface area contributed by atoms with Gasteiger partial charge in [-0.3, -0.25) is 9.17 Å². The molecule has 216 valence electrons. The number of hydrogen-bond donors (Lipinski definition) is 1. The SMILES string of the molecule is Cc1ccc(-c2c(CN)c(CC(C)C)nc3ccc(OCCOC(=O)COS(=O)(=O)c4ccc(C)cc4)cc23)cc1. The number of nitrogens with zero attached hydrogens (tertiary/aromatic N) is 1. The van der Waals surface area contributed by atoms with Gasteiger partial charge in [-0.1, -0.05) is 61.4 Å². The second kappa shape index (κ2) is 13.2. The Morgan fingerprint density at radius 2 is 1.59 bits per heavy atom. The summed E-state index contributed by atoms with van der Waals surface area (Å²) < 4.78 is 40.4. The molecule has 0 saturated carbocycles. The average molecular weight is 577 g/mol. The van der Waals surface area contributed by atoms with Gasteiger partial charge in [-0.05, 0) is 73.2 Å². The summed E-state index contributed by atoms with van der Waals surface area (Å²) in [6, 6.07) is 20.2. The predicted octanol–water partition coefficient (Wildman–Crippen LogP) is 5.50. The Morgan fingerprint density at radius 3 is 2.22 bits per heavy atom. The van der Waals surface area contributed by atoms with Gasteiger partial charge in [0.2, 0.25) is 0 Å². The zero-order valence-corrected chi connectivity index (χ0v) is 24.7. The van der Waals surface area contributed by atoms with Crippen LogP contribution in [0.3, 0.4) is 0 Å². The van der Waals surface area contributed by atoms with Crippen LogP contribution in [-0.2, 0) is 36.8 Å². The summed E-state index contributed by atoms with van der Waals surface area (Å²) in [7, 11) is -4.06. The first kappa shape index (κ1) is 30.2. The summed E-state index contributed by atoms with van der Waals surface area (Å²) in [5, 5.41) is 0.922. The number of hydrogen-bond acceptors (Lipinski definition) is 8. The third-order valence-corrected chi connectivity index (χ3v) is 7.82. The van der Waals surface area contributed by atoms with Gasteiger partial charge in [0, 0.05) is 17.6 Å². The summed E-state index contributed by atoms with van der Waals surface area (Å²) >= 11 is 0. The maximum absolute atomic E-state index is 12.3. The molecule has 2 N–H and O–H groups in total. The quantitative estimate of drug-likeness (QED) is 0.133. The van der Waals surface area contributed by atoms with Crippen molar-refractivity contribution < 1.29 is 26.9 Å². The van der Waals surface area contributed by atoms with Gasteiger partial charge in [-0.15, -0.1) is 0 Å². The molecule has 1 aromatic heterocycles. The molecule has 0 saturated heterocycles. The van der Waals surface area contributed by atoms with Crippen LogP contribution < -0.4 is 10.5 Å². The zero-order valence-electron chi connectivity index (χ0n) is 23.8. The van der Waals surface area contributed by atoms with Gasteiger partial charge in [-0.2, -0.15) is 8.42 Å². The third kappa shape index (κ3) is 7.70. The maximum Gasteiger partial charge on any atom is 0.333 e. The first-order valence-electron chi connectivity index (χ1n) is 13.5. The minimum Gasteiger partial charge on any atom is -0.490 e. The zero-order chi connectivity index (χ0) is 29.6. The number of carbonyl (C=O) groups excluding carboxylic acids is 1. The molecular weight excluding hydrogens is 540 g/mol. The normalized spacial score (nSPS) is 11.7. The Labute approximate surface area is 241 Å². The molecule has 0 atom stereocenters.